The SMILES string of the molecule is CN=C(NCCC(=O)Nc1cccc(Cl)c1C)N1CCN(c2cccs2)CC1.I. The highest BCUT2D eigenvalue weighted by molar-refractivity contribution is 14.0. The van der Waals surface area contributed by atoms with Gasteiger partial charge in [0.05, 0.1) is 5.00 Å². The zero-order chi connectivity index (χ0) is 19.9. The van der Waals surface area contributed by atoms with Crippen molar-refractivity contribution in [2.75, 3.05) is 50.0 Å². The molecule has 1 aromatic carbocycles. The maximum absolute atomic E-state index is 12.2. The number of anilines is 2. The number of carbonyl (C=O) groups excluding carboxylic acids is 1. The molecule has 1 aromatic heterocycles. The number of piperazine rings is 1. The Morgan fingerprint density at radius 1 is 1.21 bits per heavy atom. The number of carbonyl (C=O) groups is 1. The molecule has 0 radical (unpaired) electrons. The molecule has 9 heteroatoms. The molecule has 1 fully saturated rings. The van der Waals surface area contributed by atoms with Crippen LogP contribution in [0, 0.1) is 6.92 Å². The topological polar surface area (TPSA) is 60.0 Å². The third-order valence-electron chi connectivity index (χ3n) is 4.79. The fraction of sp³-hybridized carbons (Fsp3) is 0.400. The Morgan fingerprint density at radius 3 is 2.62 bits per heavy atom. The van der Waals surface area contributed by atoms with E-state index in [0.29, 0.717) is 18.0 Å². The molecule has 0 aliphatic carbocycles. The summed E-state index contributed by atoms with van der Waals surface area (Å²) in [5.74, 6) is 0.799. The first-order valence-electron chi connectivity index (χ1n) is 9.37. The highest BCUT2D eigenvalue weighted by Crippen LogP contribution is 2.23. The Hall–Kier alpha value is -1.52. The Morgan fingerprint density at radius 2 is 1.97 bits per heavy atom. The summed E-state index contributed by atoms with van der Waals surface area (Å²) in [5, 5.41) is 10.3. The maximum atomic E-state index is 12.2. The molecule has 3 rings (SSSR count). The second kappa shape index (κ2) is 11.6. The third-order valence-corrected chi connectivity index (χ3v) is 6.12. The number of rotatable bonds is 5. The number of thiophene rings is 1. The molecule has 2 aromatic rings. The lowest BCUT2D eigenvalue weighted by Crippen LogP contribution is -2.52. The first kappa shape index (κ1) is 23.8. The fourth-order valence-corrected chi connectivity index (χ4v) is 4.12. The number of hydrogen-bond donors (Lipinski definition) is 2. The lowest BCUT2D eigenvalue weighted by molar-refractivity contribution is -0.116. The van der Waals surface area contributed by atoms with E-state index in [1.165, 1.54) is 5.00 Å². The predicted octanol–water partition coefficient (Wildman–Crippen LogP) is 4.05. The summed E-state index contributed by atoms with van der Waals surface area (Å²) >= 11 is 7.88. The summed E-state index contributed by atoms with van der Waals surface area (Å²) in [6.07, 6.45) is 0.361. The molecule has 0 bridgehead atoms. The summed E-state index contributed by atoms with van der Waals surface area (Å²) < 4.78 is 0. The van der Waals surface area contributed by atoms with Crippen LogP contribution in [0.2, 0.25) is 5.02 Å². The van der Waals surface area contributed by atoms with Crippen LogP contribution in [0.1, 0.15) is 12.0 Å². The van der Waals surface area contributed by atoms with Crippen molar-refractivity contribution in [3.63, 3.8) is 0 Å². The zero-order valence-corrected chi connectivity index (χ0v) is 20.6. The Balaban J connectivity index is 0.00000300. The molecule has 1 saturated heterocycles. The van der Waals surface area contributed by atoms with Crippen LogP contribution < -0.4 is 15.5 Å². The van der Waals surface area contributed by atoms with Gasteiger partial charge < -0.3 is 20.4 Å². The van der Waals surface area contributed by atoms with E-state index in [-0.39, 0.29) is 29.9 Å². The molecule has 1 aliphatic heterocycles. The van der Waals surface area contributed by atoms with E-state index in [4.69, 9.17) is 11.6 Å². The standard InChI is InChI=1S/C20H26ClN5OS.HI/c1-15-16(21)5-3-6-17(15)24-18(27)8-9-23-20(22-2)26-12-10-25(11-13-26)19-7-4-14-28-19;/h3-7,14H,8-13H2,1-2H3,(H,22,23)(H,24,27);1H. The largest absolute Gasteiger partial charge is 0.360 e. The van der Waals surface area contributed by atoms with Crippen molar-refractivity contribution in [2.45, 2.75) is 13.3 Å². The number of halogens is 2. The van der Waals surface area contributed by atoms with Crippen LogP contribution in [-0.2, 0) is 4.79 Å². The second-order valence-electron chi connectivity index (χ2n) is 6.61. The van der Waals surface area contributed by atoms with E-state index in [2.05, 4.69) is 42.9 Å². The van der Waals surface area contributed by atoms with E-state index in [1.807, 2.05) is 25.1 Å². The van der Waals surface area contributed by atoms with Gasteiger partial charge in [-0.3, -0.25) is 9.79 Å². The van der Waals surface area contributed by atoms with Gasteiger partial charge in [0.25, 0.3) is 0 Å². The second-order valence-corrected chi connectivity index (χ2v) is 7.94. The number of hydrogen-bond acceptors (Lipinski definition) is 4. The van der Waals surface area contributed by atoms with Crippen molar-refractivity contribution in [3.05, 3.63) is 46.3 Å². The summed E-state index contributed by atoms with van der Waals surface area (Å²) in [4.78, 5) is 21.3. The predicted molar refractivity (Wildman–Crippen MR) is 134 cm³/mol. The van der Waals surface area contributed by atoms with Gasteiger partial charge in [0.1, 0.15) is 0 Å². The first-order valence-corrected chi connectivity index (χ1v) is 10.6. The molecule has 2 N–H and O–H groups in total. The Kier molecular flexibility index (Phi) is 9.51. The van der Waals surface area contributed by atoms with Crippen LogP contribution in [0.15, 0.2) is 40.7 Å². The van der Waals surface area contributed by atoms with Gasteiger partial charge in [-0.25, -0.2) is 0 Å². The number of guanidine groups is 1. The van der Waals surface area contributed by atoms with Crippen LogP contribution in [0.5, 0.6) is 0 Å². The minimum absolute atomic E-state index is 0. The monoisotopic (exact) mass is 547 g/mol. The molecular formula is C20H27ClIN5OS. The van der Waals surface area contributed by atoms with Crippen LogP contribution in [0.3, 0.4) is 0 Å². The third kappa shape index (κ3) is 6.48. The molecule has 0 unspecified atom stereocenters. The highest BCUT2D eigenvalue weighted by atomic mass is 127. The van der Waals surface area contributed by atoms with E-state index in [9.17, 15) is 4.79 Å². The lowest BCUT2D eigenvalue weighted by atomic mass is 10.2. The van der Waals surface area contributed by atoms with Crippen molar-refractivity contribution in [1.29, 1.82) is 0 Å². The molecule has 2 heterocycles. The molecule has 6 nitrogen and oxygen atoms in total. The van der Waals surface area contributed by atoms with Crippen LogP contribution in [0.4, 0.5) is 10.7 Å². The van der Waals surface area contributed by atoms with Gasteiger partial charge in [-0.1, -0.05) is 17.7 Å². The highest BCUT2D eigenvalue weighted by Gasteiger charge is 2.20. The average molecular weight is 548 g/mol. The molecule has 1 aliphatic rings. The molecule has 29 heavy (non-hydrogen) atoms. The van der Waals surface area contributed by atoms with Crippen molar-refractivity contribution >= 4 is 69.5 Å². The van der Waals surface area contributed by atoms with Crippen molar-refractivity contribution in [1.82, 2.24) is 10.2 Å². The quantitative estimate of drug-likeness (QED) is 0.337. The zero-order valence-electron chi connectivity index (χ0n) is 16.7. The first-order chi connectivity index (χ1) is 13.6. The Labute approximate surface area is 198 Å². The van der Waals surface area contributed by atoms with Crippen LogP contribution in [-0.4, -0.2) is 56.5 Å². The van der Waals surface area contributed by atoms with Gasteiger partial charge in [0, 0.05) is 56.9 Å². The maximum Gasteiger partial charge on any atom is 0.226 e. The van der Waals surface area contributed by atoms with Gasteiger partial charge >= 0.3 is 0 Å². The molecule has 158 valence electrons. The molecule has 0 saturated carbocycles. The van der Waals surface area contributed by atoms with E-state index in [0.717, 1.165) is 43.4 Å². The summed E-state index contributed by atoms with van der Waals surface area (Å²) in [5.41, 5.74) is 1.64. The van der Waals surface area contributed by atoms with Gasteiger partial charge in [-0.05, 0) is 42.1 Å². The van der Waals surface area contributed by atoms with E-state index in [1.54, 1.807) is 18.4 Å². The van der Waals surface area contributed by atoms with Crippen molar-refractivity contribution in [2.24, 2.45) is 4.99 Å². The molecular weight excluding hydrogens is 521 g/mol. The number of nitrogens with one attached hydrogen (secondary N) is 2. The van der Waals surface area contributed by atoms with Crippen molar-refractivity contribution < 1.29 is 4.79 Å². The minimum Gasteiger partial charge on any atom is -0.360 e. The lowest BCUT2D eigenvalue weighted by Gasteiger charge is -2.37. The molecule has 0 atom stereocenters. The number of amides is 1. The van der Waals surface area contributed by atoms with Crippen LogP contribution in [0.25, 0.3) is 0 Å². The van der Waals surface area contributed by atoms with Gasteiger partial charge in [0.15, 0.2) is 5.96 Å². The molecule has 0 spiro atoms. The van der Waals surface area contributed by atoms with Gasteiger partial charge in [-0.2, -0.15) is 0 Å². The number of nitrogens with zero attached hydrogens (tertiary/aromatic N) is 3. The van der Waals surface area contributed by atoms with E-state index >= 15 is 0 Å². The van der Waals surface area contributed by atoms with Crippen molar-refractivity contribution in [3.8, 4) is 0 Å². The normalized spacial score (nSPS) is 14.4. The summed E-state index contributed by atoms with van der Waals surface area (Å²) in [6.45, 7) is 6.18. The molecule has 1 amide bonds. The van der Waals surface area contributed by atoms with Gasteiger partial charge in [-0.15, -0.1) is 35.3 Å². The Bertz CT molecular complexity index is 822. The smallest absolute Gasteiger partial charge is 0.226 e. The number of aliphatic imine (C=N–C) groups is 1. The summed E-state index contributed by atoms with van der Waals surface area (Å²) in [7, 11) is 1.78. The number of benzene rings is 1. The minimum atomic E-state index is -0.0455. The van der Waals surface area contributed by atoms with Gasteiger partial charge in [0.2, 0.25) is 5.91 Å². The summed E-state index contributed by atoms with van der Waals surface area (Å²) in [6, 6.07) is 9.76. The fourth-order valence-electron chi connectivity index (χ4n) is 3.16. The van der Waals surface area contributed by atoms with Crippen LogP contribution >= 0.6 is 46.9 Å². The van der Waals surface area contributed by atoms with E-state index < -0.39 is 0 Å². The average Bonchev–Trinajstić information content (AvgIpc) is 3.24.